The monoisotopic (exact) mass is 465 g/mol. The molecule has 0 saturated carbocycles. The number of alkyl halides is 3. The predicted molar refractivity (Wildman–Crippen MR) is 125 cm³/mol. The summed E-state index contributed by atoms with van der Waals surface area (Å²) in [6.07, 6.45) is 3.52. The van der Waals surface area contributed by atoms with Crippen LogP contribution in [-0.2, 0) is 23.8 Å². The molecule has 0 aliphatic carbocycles. The number of rotatable bonds is 8. The van der Waals surface area contributed by atoms with Gasteiger partial charge in [0.25, 0.3) is 0 Å². The molecule has 0 amide bonds. The number of esters is 1. The van der Waals surface area contributed by atoms with E-state index in [1.165, 1.54) is 23.8 Å². The minimum atomic E-state index is -4.48. The lowest BCUT2D eigenvalue weighted by atomic mass is 9.97. The van der Waals surface area contributed by atoms with E-state index in [1.54, 1.807) is 31.3 Å². The lowest BCUT2D eigenvalue weighted by Gasteiger charge is -2.09. The van der Waals surface area contributed by atoms with Crippen LogP contribution in [0.2, 0.25) is 0 Å². The average molecular weight is 466 g/mol. The van der Waals surface area contributed by atoms with Crippen molar-refractivity contribution < 1.29 is 22.7 Å². The zero-order valence-electron chi connectivity index (χ0n) is 19.0. The Morgan fingerprint density at radius 2 is 1.71 bits per heavy atom. The zero-order chi connectivity index (χ0) is 24.4. The number of halogens is 3. The fourth-order valence-corrected chi connectivity index (χ4v) is 3.61. The Labute approximate surface area is 198 Å². The topological polar surface area (TPSA) is 39.2 Å². The van der Waals surface area contributed by atoms with Crippen LogP contribution in [0.5, 0.6) is 0 Å². The second-order valence-electron chi connectivity index (χ2n) is 7.81. The van der Waals surface area contributed by atoms with Crippen molar-refractivity contribution in [3.63, 3.8) is 0 Å². The number of carbonyl (C=O) groups is 1. The molecule has 0 saturated heterocycles. The molecule has 0 N–H and O–H groups in total. The molecule has 0 spiro atoms. The molecule has 0 fully saturated rings. The minimum absolute atomic E-state index is 0.0770. The predicted octanol–water partition coefficient (Wildman–Crippen LogP) is 6.63. The molecule has 3 rings (SSSR count). The molecule has 34 heavy (non-hydrogen) atoms. The Hall–Kier alpha value is -3.59. The van der Waals surface area contributed by atoms with Crippen LogP contribution in [0.15, 0.2) is 67.0 Å². The number of nitrogens with zero attached hydrogens (tertiary/aromatic N) is 1. The minimum Gasteiger partial charge on any atom is -0.462 e. The van der Waals surface area contributed by atoms with Gasteiger partial charge in [-0.3, -0.25) is 4.98 Å². The molecule has 1 heterocycles. The van der Waals surface area contributed by atoms with Crippen molar-refractivity contribution in [3.8, 4) is 11.8 Å². The maximum absolute atomic E-state index is 13.3. The number of hydrogen-bond acceptors (Lipinski definition) is 3. The van der Waals surface area contributed by atoms with E-state index in [2.05, 4.69) is 16.8 Å². The molecule has 3 aromatic rings. The van der Waals surface area contributed by atoms with Gasteiger partial charge >= 0.3 is 12.1 Å². The molecular formula is C28H26F3NO2. The third kappa shape index (κ3) is 7.21. The Morgan fingerprint density at radius 1 is 0.941 bits per heavy atom. The molecule has 2 aromatic carbocycles. The number of hydrogen-bond donors (Lipinski definition) is 0. The highest BCUT2D eigenvalue weighted by Gasteiger charge is 2.32. The fraction of sp³-hybridized carbons (Fsp3) is 0.286. The van der Waals surface area contributed by atoms with Gasteiger partial charge in [0.05, 0.1) is 17.7 Å². The molecule has 176 valence electrons. The van der Waals surface area contributed by atoms with Crippen molar-refractivity contribution in [3.05, 3.63) is 100 Å². The first-order chi connectivity index (χ1) is 16.4. The second kappa shape index (κ2) is 12.0. The summed E-state index contributed by atoms with van der Waals surface area (Å²) >= 11 is 0. The van der Waals surface area contributed by atoms with E-state index in [9.17, 15) is 18.0 Å². The number of aromatic nitrogens is 1. The first-order valence-corrected chi connectivity index (χ1v) is 11.3. The van der Waals surface area contributed by atoms with E-state index in [4.69, 9.17) is 4.74 Å². The Kier molecular flexibility index (Phi) is 8.86. The Balaban J connectivity index is 1.78. The highest BCUT2D eigenvalue weighted by Crippen LogP contribution is 2.31. The summed E-state index contributed by atoms with van der Waals surface area (Å²) in [7, 11) is 0. The summed E-state index contributed by atoms with van der Waals surface area (Å²) in [5.41, 5.74) is 2.19. The summed E-state index contributed by atoms with van der Waals surface area (Å²) in [4.78, 5) is 16.3. The fourth-order valence-electron chi connectivity index (χ4n) is 3.61. The van der Waals surface area contributed by atoms with Crippen LogP contribution >= 0.6 is 0 Å². The third-order valence-electron chi connectivity index (χ3n) is 5.32. The van der Waals surface area contributed by atoms with Gasteiger partial charge in [0.15, 0.2) is 0 Å². The molecule has 0 atom stereocenters. The maximum Gasteiger partial charge on any atom is 0.417 e. The molecule has 0 bridgehead atoms. The smallest absolute Gasteiger partial charge is 0.417 e. The van der Waals surface area contributed by atoms with Crippen LogP contribution in [0, 0.1) is 11.8 Å². The summed E-state index contributed by atoms with van der Waals surface area (Å²) in [6.45, 7) is 2.00. The van der Waals surface area contributed by atoms with Gasteiger partial charge in [0, 0.05) is 23.5 Å². The Morgan fingerprint density at radius 3 is 2.44 bits per heavy atom. The number of pyridine rings is 1. The molecule has 6 heteroatoms. The first kappa shape index (κ1) is 25.0. The van der Waals surface area contributed by atoms with Crippen molar-refractivity contribution in [2.75, 3.05) is 6.61 Å². The van der Waals surface area contributed by atoms with Gasteiger partial charge in [0.1, 0.15) is 0 Å². The van der Waals surface area contributed by atoms with E-state index in [-0.39, 0.29) is 12.2 Å². The molecule has 0 radical (unpaired) electrons. The summed E-state index contributed by atoms with van der Waals surface area (Å²) in [6, 6.07) is 14.2. The van der Waals surface area contributed by atoms with Gasteiger partial charge in [-0.2, -0.15) is 13.2 Å². The molecule has 0 aliphatic heterocycles. The zero-order valence-corrected chi connectivity index (χ0v) is 19.0. The van der Waals surface area contributed by atoms with Crippen LogP contribution < -0.4 is 0 Å². The van der Waals surface area contributed by atoms with Gasteiger partial charge < -0.3 is 4.74 Å². The lowest BCUT2D eigenvalue weighted by molar-refractivity contribution is -0.137. The van der Waals surface area contributed by atoms with Crippen molar-refractivity contribution in [1.29, 1.82) is 0 Å². The summed E-state index contributed by atoms with van der Waals surface area (Å²) in [5, 5.41) is 0. The van der Waals surface area contributed by atoms with E-state index in [0.29, 0.717) is 17.5 Å². The molecule has 1 aromatic heterocycles. The van der Waals surface area contributed by atoms with Crippen molar-refractivity contribution in [2.45, 2.75) is 45.2 Å². The van der Waals surface area contributed by atoms with Crippen LogP contribution in [0.3, 0.4) is 0 Å². The first-order valence-electron chi connectivity index (χ1n) is 11.3. The van der Waals surface area contributed by atoms with Crippen LogP contribution in [0.1, 0.15) is 64.4 Å². The molecule has 0 aliphatic rings. The molecule has 3 nitrogen and oxygen atoms in total. The van der Waals surface area contributed by atoms with Crippen LogP contribution in [0.4, 0.5) is 13.2 Å². The SMILES string of the molecule is CCOC(=O)c1ccc(C#Cc2ccccc2C(F)(F)F)c(CCCCCc2cccnc2)c1. The van der Waals surface area contributed by atoms with Crippen molar-refractivity contribution in [2.24, 2.45) is 0 Å². The van der Waals surface area contributed by atoms with Crippen LogP contribution in [0.25, 0.3) is 0 Å². The van der Waals surface area contributed by atoms with Gasteiger partial charge in [0.2, 0.25) is 0 Å². The summed E-state index contributed by atoms with van der Waals surface area (Å²) in [5.74, 6) is 5.15. The normalized spacial score (nSPS) is 10.9. The van der Waals surface area contributed by atoms with E-state index >= 15 is 0 Å². The van der Waals surface area contributed by atoms with Gasteiger partial charge in [-0.05, 0) is 80.1 Å². The lowest BCUT2D eigenvalue weighted by Crippen LogP contribution is -2.07. The highest BCUT2D eigenvalue weighted by atomic mass is 19.4. The number of aryl methyl sites for hydroxylation is 2. The molecular weight excluding hydrogens is 439 g/mol. The number of benzene rings is 2. The van der Waals surface area contributed by atoms with Gasteiger partial charge in [-0.1, -0.05) is 36.5 Å². The maximum atomic E-state index is 13.3. The van der Waals surface area contributed by atoms with Gasteiger partial charge in [-0.25, -0.2) is 4.79 Å². The molecule has 0 unspecified atom stereocenters. The van der Waals surface area contributed by atoms with Gasteiger partial charge in [-0.15, -0.1) is 0 Å². The third-order valence-corrected chi connectivity index (χ3v) is 5.32. The number of ether oxygens (including phenoxy) is 1. The second-order valence-corrected chi connectivity index (χ2v) is 7.81. The number of carbonyl (C=O) groups excluding carboxylic acids is 1. The van der Waals surface area contributed by atoms with E-state index in [1.807, 2.05) is 18.3 Å². The van der Waals surface area contributed by atoms with E-state index < -0.39 is 17.7 Å². The highest BCUT2D eigenvalue weighted by molar-refractivity contribution is 5.89. The quantitative estimate of drug-likeness (QED) is 0.213. The Bertz CT molecular complexity index is 1160. The largest absolute Gasteiger partial charge is 0.462 e. The van der Waals surface area contributed by atoms with Crippen molar-refractivity contribution in [1.82, 2.24) is 4.98 Å². The van der Waals surface area contributed by atoms with Crippen LogP contribution in [-0.4, -0.2) is 17.6 Å². The van der Waals surface area contributed by atoms with Crippen molar-refractivity contribution >= 4 is 5.97 Å². The summed E-state index contributed by atoms with van der Waals surface area (Å²) < 4.78 is 45.0. The standard InChI is InChI=1S/C28H26F3NO2/c1-2-34-27(33)25-17-15-22(14-16-23-11-6-7-13-26(23)28(29,30)31)24(19-25)12-5-3-4-9-21-10-8-18-32-20-21/h6-8,10-11,13,15,17-20H,2-5,9,12H2,1H3. The average Bonchev–Trinajstić information content (AvgIpc) is 2.83. The number of unbranched alkanes of at least 4 members (excludes halogenated alkanes) is 2. The van der Waals surface area contributed by atoms with E-state index in [0.717, 1.165) is 37.3 Å².